The highest BCUT2D eigenvalue weighted by atomic mass is 32.2. The van der Waals surface area contributed by atoms with Gasteiger partial charge in [-0.2, -0.15) is 4.31 Å². The third-order valence-electron chi connectivity index (χ3n) is 5.15. The van der Waals surface area contributed by atoms with Gasteiger partial charge in [-0.15, -0.1) is 0 Å². The van der Waals surface area contributed by atoms with Gasteiger partial charge in [0.2, 0.25) is 10.0 Å². The van der Waals surface area contributed by atoms with Gasteiger partial charge in [0, 0.05) is 45.8 Å². The summed E-state index contributed by atoms with van der Waals surface area (Å²) in [5.74, 6) is -0.298. The van der Waals surface area contributed by atoms with Crippen molar-refractivity contribution in [2.45, 2.75) is 24.8 Å². The second-order valence-corrected chi connectivity index (χ2v) is 9.05. The highest BCUT2D eigenvalue weighted by molar-refractivity contribution is 7.89. The van der Waals surface area contributed by atoms with Crippen LogP contribution in [0.15, 0.2) is 53.8 Å². The molecule has 0 aliphatic rings. The van der Waals surface area contributed by atoms with Gasteiger partial charge in [0.05, 0.1) is 0 Å². The van der Waals surface area contributed by atoms with Crippen molar-refractivity contribution in [3.05, 3.63) is 71.8 Å². The lowest BCUT2D eigenvalue weighted by Crippen LogP contribution is -2.32. The molecule has 0 saturated heterocycles. The average molecular weight is 448 g/mol. The van der Waals surface area contributed by atoms with E-state index in [1.165, 1.54) is 33.3 Å². The summed E-state index contributed by atoms with van der Waals surface area (Å²) in [6, 6.07) is 6.50. The number of aromatic nitrogens is 3. The van der Waals surface area contributed by atoms with Crippen LogP contribution in [0.5, 0.6) is 0 Å². The van der Waals surface area contributed by atoms with E-state index in [0.717, 1.165) is 0 Å². The number of amides is 1. The fraction of sp³-hybridized carbons (Fsp3) is 0.333. The molecule has 0 aliphatic heterocycles. The lowest BCUT2D eigenvalue weighted by molar-refractivity contribution is 0.0933. The summed E-state index contributed by atoms with van der Waals surface area (Å²) < 4.78 is 43.6. The Balaban J connectivity index is 1.95. The van der Waals surface area contributed by atoms with E-state index in [-0.39, 0.29) is 16.4 Å². The van der Waals surface area contributed by atoms with Crippen molar-refractivity contribution in [2.24, 2.45) is 14.1 Å². The minimum Gasteiger partial charge on any atom is -0.345 e. The van der Waals surface area contributed by atoms with Crippen molar-refractivity contribution >= 4 is 15.9 Å². The normalized spacial score (nSPS) is 12.8. The van der Waals surface area contributed by atoms with E-state index in [1.54, 1.807) is 57.0 Å². The summed E-state index contributed by atoms with van der Waals surface area (Å²) in [6.45, 7) is 4.19. The zero-order chi connectivity index (χ0) is 22.8. The molecule has 8 nitrogen and oxygen atoms in total. The van der Waals surface area contributed by atoms with Crippen molar-refractivity contribution < 1.29 is 17.6 Å². The highest BCUT2D eigenvalue weighted by Crippen LogP contribution is 2.23. The Kier molecular flexibility index (Phi) is 6.61. The van der Waals surface area contributed by atoms with Gasteiger partial charge in [0.15, 0.2) is 0 Å². The zero-order valence-corrected chi connectivity index (χ0v) is 18.7. The first-order chi connectivity index (χ1) is 14.7. The van der Waals surface area contributed by atoms with Crippen LogP contribution in [0.4, 0.5) is 4.39 Å². The quantitative estimate of drug-likeness (QED) is 0.574. The number of hydrogen-bond acceptors (Lipinski definition) is 4. The molecule has 0 aliphatic carbocycles. The smallest absolute Gasteiger partial charge is 0.268 e. The van der Waals surface area contributed by atoms with Crippen LogP contribution in [0.1, 0.15) is 41.8 Å². The van der Waals surface area contributed by atoms with Gasteiger partial charge in [-0.25, -0.2) is 17.8 Å². The molecule has 0 fully saturated rings. The second kappa shape index (κ2) is 9.03. The van der Waals surface area contributed by atoms with Gasteiger partial charge in [-0.05, 0) is 23.8 Å². The summed E-state index contributed by atoms with van der Waals surface area (Å²) in [6.07, 6.45) is 4.78. The molecule has 0 radical (unpaired) electrons. The van der Waals surface area contributed by atoms with Gasteiger partial charge in [-0.3, -0.25) is 4.79 Å². The summed E-state index contributed by atoms with van der Waals surface area (Å²) in [5, 5.41) is 2.90. The fourth-order valence-electron chi connectivity index (χ4n) is 3.43. The zero-order valence-electron chi connectivity index (χ0n) is 17.9. The third kappa shape index (κ3) is 4.54. The SMILES string of the molecule is CCN(CC)S(=O)(=O)c1cc(C(=O)N[C@H](c2ccc(F)cc2)c2nccn2C)n(C)c1. The monoisotopic (exact) mass is 447 g/mol. The number of aryl methyl sites for hydroxylation is 2. The number of sulfonamides is 1. The van der Waals surface area contributed by atoms with Gasteiger partial charge in [0.1, 0.15) is 28.3 Å². The molecule has 3 aromatic rings. The van der Waals surface area contributed by atoms with Crippen LogP contribution < -0.4 is 5.32 Å². The third-order valence-corrected chi connectivity index (χ3v) is 7.17. The Morgan fingerprint density at radius 2 is 1.81 bits per heavy atom. The molecule has 3 rings (SSSR count). The van der Waals surface area contributed by atoms with Crippen LogP contribution in [-0.4, -0.2) is 45.8 Å². The van der Waals surface area contributed by atoms with Crippen molar-refractivity contribution in [3.8, 4) is 0 Å². The predicted octanol–water partition coefficient (Wildman–Crippen LogP) is 2.45. The first-order valence-electron chi connectivity index (χ1n) is 9.89. The average Bonchev–Trinajstić information content (AvgIpc) is 3.33. The number of carbonyl (C=O) groups excluding carboxylic acids is 1. The van der Waals surface area contributed by atoms with E-state index in [0.29, 0.717) is 24.5 Å². The molecule has 0 saturated carbocycles. The lowest BCUT2D eigenvalue weighted by atomic mass is 10.1. The first-order valence-corrected chi connectivity index (χ1v) is 11.3. The number of carbonyl (C=O) groups is 1. The van der Waals surface area contributed by atoms with E-state index in [4.69, 9.17) is 0 Å². The molecule has 31 heavy (non-hydrogen) atoms. The van der Waals surface area contributed by atoms with Crippen LogP contribution in [-0.2, 0) is 24.1 Å². The van der Waals surface area contributed by atoms with Crippen molar-refractivity contribution in [1.29, 1.82) is 0 Å². The van der Waals surface area contributed by atoms with E-state index < -0.39 is 22.0 Å². The minimum absolute atomic E-state index is 0.0548. The van der Waals surface area contributed by atoms with Crippen molar-refractivity contribution in [1.82, 2.24) is 23.7 Å². The van der Waals surface area contributed by atoms with Crippen LogP contribution in [0.3, 0.4) is 0 Å². The molecule has 1 amide bonds. The van der Waals surface area contributed by atoms with Crippen molar-refractivity contribution in [2.75, 3.05) is 13.1 Å². The molecule has 1 aromatic carbocycles. The maximum Gasteiger partial charge on any atom is 0.268 e. The van der Waals surface area contributed by atoms with Gasteiger partial charge in [0.25, 0.3) is 5.91 Å². The van der Waals surface area contributed by atoms with E-state index >= 15 is 0 Å². The number of nitrogens with one attached hydrogen (secondary N) is 1. The largest absolute Gasteiger partial charge is 0.345 e. The molecular formula is C21H26FN5O3S. The predicted molar refractivity (Wildman–Crippen MR) is 114 cm³/mol. The van der Waals surface area contributed by atoms with Crippen molar-refractivity contribution in [3.63, 3.8) is 0 Å². The van der Waals surface area contributed by atoms with Gasteiger partial charge in [-0.1, -0.05) is 26.0 Å². The molecular weight excluding hydrogens is 421 g/mol. The number of imidazole rings is 1. The molecule has 1 atom stereocenters. The summed E-state index contributed by atoms with van der Waals surface area (Å²) in [7, 11) is -0.288. The summed E-state index contributed by atoms with van der Waals surface area (Å²) in [5.41, 5.74) is 0.835. The van der Waals surface area contributed by atoms with E-state index in [2.05, 4.69) is 10.3 Å². The molecule has 0 spiro atoms. The lowest BCUT2D eigenvalue weighted by Gasteiger charge is -2.19. The second-order valence-electron chi connectivity index (χ2n) is 7.12. The highest BCUT2D eigenvalue weighted by Gasteiger charge is 2.27. The van der Waals surface area contributed by atoms with E-state index in [9.17, 15) is 17.6 Å². The summed E-state index contributed by atoms with van der Waals surface area (Å²) in [4.78, 5) is 17.5. The topological polar surface area (TPSA) is 89.2 Å². The van der Waals surface area contributed by atoms with Crippen LogP contribution >= 0.6 is 0 Å². The molecule has 166 valence electrons. The summed E-state index contributed by atoms with van der Waals surface area (Å²) >= 11 is 0. The maximum absolute atomic E-state index is 13.4. The Labute approximate surface area is 181 Å². The molecule has 10 heteroatoms. The maximum atomic E-state index is 13.4. The Bertz CT molecular complexity index is 1160. The Morgan fingerprint density at radius 3 is 2.35 bits per heavy atom. The number of nitrogens with zero attached hydrogens (tertiary/aromatic N) is 4. The van der Waals surface area contributed by atoms with Crippen LogP contribution in [0.25, 0.3) is 0 Å². The first kappa shape index (κ1) is 22.7. The molecule has 0 unspecified atom stereocenters. The molecule has 2 heterocycles. The molecule has 2 aromatic heterocycles. The Hall–Kier alpha value is -2.98. The van der Waals surface area contributed by atoms with Crippen LogP contribution in [0, 0.1) is 5.82 Å². The number of halogens is 1. The number of rotatable bonds is 8. The standard InChI is InChI=1S/C21H26FN5O3S/c1-5-27(6-2)31(29,30)17-13-18(26(4)14-17)21(28)24-19(20-23-11-12-25(20)3)15-7-9-16(22)10-8-15/h7-14,19H,5-6H2,1-4H3,(H,24,28)/t19-/m1/s1. The molecule has 0 bridgehead atoms. The fourth-order valence-corrected chi connectivity index (χ4v) is 4.96. The van der Waals surface area contributed by atoms with Gasteiger partial charge < -0.3 is 14.5 Å². The van der Waals surface area contributed by atoms with Gasteiger partial charge >= 0.3 is 0 Å². The van der Waals surface area contributed by atoms with E-state index in [1.807, 2.05) is 0 Å². The number of benzene rings is 1. The Morgan fingerprint density at radius 1 is 1.16 bits per heavy atom. The minimum atomic E-state index is -3.70. The molecule has 1 N–H and O–H groups in total. The number of hydrogen-bond donors (Lipinski definition) is 1. The van der Waals surface area contributed by atoms with Crippen LogP contribution in [0.2, 0.25) is 0 Å².